The Bertz CT molecular complexity index is 934. The highest BCUT2D eigenvalue weighted by Gasteiger charge is 2.11. The molecule has 0 fully saturated rings. The van der Waals surface area contributed by atoms with Crippen LogP contribution < -0.4 is 10.1 Å². The van der Waals surface area contributed by atoms with Crippen LogP contribution in [0.15, 0.2) is 42.6 Å². The highest BCUT2D eigenvalue weighted by Crippen LogP contribution is 2.21. The van der Waals surface area contributed by atoms with E-state index in [1.807, 2.05) is 25.6 Å². The van der Waals surface area contributed by atoms with E-state index in [0.29, 0.717) is 30.2 Å². The first-order valence-electron chi connectivity index (χ1n) is 8.61. The molecule has 0 saturated carbocycles. The van der Waals surface area contributed by atoms with Gasteiger partial charge in [0, 0.05) is 25.2 Å². The Morgan fingerprint density at radius 3 is 2.52 bits per heavy atom. The Balaban J connectivity index is 1.54. The molecule has 140 valence electrons. The molecule has 0 aliphatic rings. The predicted octanol–water partition coefficient (Wildman–Crippen LogP) is 3.93. The number of ether oxygens (including phenoxy) is 1. The van der Waals surface area contributed by atoms with Crippen LogP contribution in [-0.4, -0.2) is 20.7 Å². The lowest BCUT2D eigenvalue weighted by Gasteiger charge is -2.07. The van der Waals surface area contributed by atoms with Crippen molar-refractivity contribution < 1.29 is 13.9 Å². The summed E-state index contributed by atoms with van der Waals surface area (Å²) < 4.78 is 20.3. The van der Waals surface area contributed by atoms with E-state index in [-0.39, 0.29) is 11.7 Å². The standard InChI is InChI=1S/C20H21FN4O2/c1-13-18(14(2)25(3)24-13)9-10-19(26)23-16-6-11-20(22-12-16)27-17-7-4-15(21)5-8-17/h4-8,11-12H,9-10H2,1-3H3,(H,23,26). The quantitative estimate of drug-likeness (QED) is 0.716. The molecule has 0 unspecified atom stereocenters. The highest BCUT2D eigenvalue weighted by atomic mass is 19.1. The van der Waals surface area contributed by atoms with E-state index in [4.69, 9.17) is 4.74 Å². The van der Waals surface area contributed by atoms with E-state index in [1.54, 1.807) is 12.1 Å². The molecule has 0 bridgehead atoms. The number of carbonyl (C=O) groups is 1. The van der Waals surface area contributed by atoms with Gasteiger partial charge in [0.15, 0.2) is 0 Å². The van der Waals surface area contributed by atoms with Gasteiger partial charge < -0.3 is 10.1 Å². The normalized spacial score (nSPS) is 10.7. The van der Waals surface area contributed by atoms with Crippen LogP contribution in [0.3, 0.4) is 0 Å². The molecule has 6 nitrogen and oxygen atoms in total. The van der Waals surface area contributed by atoms with Gasteiger partial charge >= 0.3 is 0 Å². The smallest absolute Gasteiger partial charge is 0.224 e. The zero-order valence-corrected chi connectivity index (χ0v) is 15.5. The van der Waals surface area contributed by atoms with Crippen molar-refractivity contribution in [2.75, 3.05) is 5.32 Å². The lowest BCUT2D eigenvalue weighted by Crippen LogP contribution is -2.13. The number of hydrogen-bond donors (Lipinski definition) is 1. The Labute approximate surface area is 157 Å². The molecule has 0 aliphatic carbocycles. The second-order valence-corrected chi connectivity index (χ2v) is 6.26. The van der Waals surface area contributed by atoms with Gasteiger partial charge in [0.05, 0.1) is 17.6 Å². The van der Waals surface area contributed by atoms with Crippen molar-refractivity contribution in [1.82, 2.24) is 14.8 Å². The maximum absolute atomic E-state index is 12.9. The maximum Gasteiger partial charge on any atom is 0.224 e. The number of amides is 1. The Morgan fingerprint density at radius 2 is 1.93 bits per heavy atom. The third-order valence-corrected chi connectivity index (χ3v) is 4.32. The average Bonchev–Trinajstić information content (AvgIpc) is 2.89. The Kier molecular flexibility index (Phi) is 5.49. The van der Waals surface area contributed by atoms with Gasteiger partial charge in [0.2, 0.25) is 11.8 Å². The Hall–Kier alpha value is -3.22. The van der Waals surface area contributed by atoms with Crippen LogP contribution in [-0.2, 0) is 18.3 Å². The van der Waals surface area contributed by atoms with Gasteiger partial charge in [-0.25, -0.2) is 9.37 Å². The van der Waals surface area contributed by atoms with Gasteiger partial charge in [-0.1, -0.05) is 0 Å². The number of anilines is 1. The van der Waals surface area contributed by atoms with Gasteiger partial charge in [-0.2, -0.15) is 5.10 Å². The summed E-state index contributed by atoms with van der Waals surface area (Å²) in [6.07, 6.45) is 2.52. The van der Waals surface area contributed by atoms with Crippen molar-refractivity contribution in [3.05, 3.63) is 65.4 Å². The third-order valence-electron chi connectivity index (χ3n) is 4.32. The minimum Gasteiger partial charge on any atom is -0.439 e. The van der Waals surface area contributed by atoms with Gasteiger partial charge in [-0.15, -0.1) is 0 Å². The van der Waals surface area contributed by atoms with Crippen molar-refractivity contribution in [2.24, 2.45) is 7.05 Å². The molecule has 27 heavy (non-hydrogen) atoms. The fourth-order valence-corrected chi connectivity index (χ4v) is 2.78. The van der Waals surface area contributed by atoms with Crippen molar-refractivity contribution in [3.8, 4) is 11.6 Å². The first kappa shape index (κ1) is 18.6. The summed E-state index contributed by atoms with van der Waals surface area (Å²) in [5.74, 6) is 0.431. The fourth-order valence-electron chi connectivity index (χ4n) is 2.78. The summed E-state index contributed by atoms with van der Waals surface area (Å²) >= 11 is 0. The van der Waals surface area contributed by atoms with Crippen molar-refractivity contribution in [3.63, 3.8) is 0 Å². The number of halogens is 1. The van der Waals surface area contributed by atoms with E-state index in [2.05, 4.69) is 15.4 Å². The summed E-state index contributed by atoms with van der Waals surface area (Å²) in [5.41, 5.74) is 3.72. The molecule has 0 spiro atoms. The summed E-state index contributed by atoms with van der Waals surface area (Å²) in [5, 5.41) is 7.18. The van der Waals surface area contributed by atoms with Gasteiger partial charge in [-0.3, -0.25) is 9.48 Å². The van der Waals surface area contributed by atoms with Crippen LogP contribution in [0.4, 0.5) is 10.1 Å². The van der Waals surface area contributed by atoms with Gasteiger partial charge in [-0.05, 0) is 56.2 Å². The Morgan fingerprint density at radius 1 is 1.19 bits per heavy atom. The van der Waals surface area contributed by atoms with Crippen molar-refractivity contribution in [1.29, 1.82) is 0 Å². The number of pyridine rings is 1. The number of benzene rings is 1. The fraction of sp³-hybridized carbons (Fsp3) is 0.250. The summed E-state index contributed by atoms with van der Waals surface area (Å²) in [6.45, 7) is 3.95. The number of aromatic nitrogens is 3. The van der Waals surface area contributed by atoms with E-state index in [9.17, 15) is 9.18 Å². The van der Waals surface area contributed by atoms with Crippen LogP contribution >= 0.6 is 0 Å². The van der Waals surface area contributed by atoms with Crippen LogP contribution in [0, 0.1) is 19.7 Å². The lowest BCUT2D eigenvalue weighted by atomic mass is 10.1. The molecule has 1 N–H and O–H groups in total. The van der Waals surface area contributed by atoms with Crippen LogP contribution in [0.1, 0.15) is 23.4 Å². The summed E-state index contributed by atoms with van der Waals surface area (Å²) in [7, 11) is 1.90. The molecular weight excluding hydrogens is 347 g/mol. The molecule has 0 radical (unpaired) electrons. The van der Waals surface area contributed by atoms with Crippen molar-refractivity contribution in [2.45, 2.75) is 26.7 Å². The van der Waals surface area contributed by atoms with Crippen molar-refractivity contribution >= 4 is 11.6 Å². The third kappa shape index (κ3) is 4.69. The van der Waals surface area contributed by atoms with E-state index < -0.39 is 0 Å². The molecule has 3 aromatic rings. The number of aryl methyl sites for hydroxylation is 2. The molecule has 2 aromatic heterocycles. The summed E-state index contributed by atoms with van der Waals surface area (Å²) in [6, 6.07) is 9.04. The SMILES string of the molecule is Cc1nn(C)c(C)c1CCC(=O)Nc1ccc(Oc2ccc(F)cc2)nc1. The maximum atomic E-state index is 12.9. The highest BCUT2D eigenvalue weighted by molar-refractivity contribution is 5.90. The van der Waals surface area contributed by atoms with Crippen LogP contribution in [0.2, 0.25) is 0 Å². The van der Waals surface area contributed by atoms with Gasteiger partial charge in [0.25, 0.3) is 0 Å². The first-order valence-corrected chi connectivity index (χ1v) is 8.61. The molecule has 2 heterocycles. The van der Waals surface area contributed by atoms with Gasteiger partial charge in [0.1, 0.15) is 11.6 Å². The molecule has 0 aliphatic heterocycles. The molecule has 1 aromatic carbocycles. The zero-order chi connectivity index (χ0) is 19.4. The monoisotopic (exact) mass is 368 g/mol. The van der Waals surface area contributed by atoms with Crippen LogP contribution in [0.5, 0.6) is 11.6 Å². The zero-order valence-electron chi connectivity index (χ0n) is 15.5. The summed E-state index contributed by atoms with van der Waals surface area (Å²) in [4.78, 5) is 16.3. The molecular formula is C20H21FN4O2. The lowest BCUT2D eigenvalue weighted by molar-refractivity contribution is -0.116. The molecule has 1 amide bonds. The largest absolute Gasteiger partial charge is 0.439 e. The van der Waals surface area contributed by atoms with E-state index >= 15 is 0 Å². The minimum absolute atomic E-state index is 0.0911. The number of nitrogens with zero attached hydrogens (tertiary/aromatic N) is 3. The van der Waals surface area contributed by atoms with E-state index in [0.717, 1.165) is 17.0 Å². The second kappa shape index (κ2) is 7.99. The number of rotatable bonds is 6. The second-order valence-electron chi connectivity index (χ2n) is 6.26. The van der Waals surface area contributed by atoms with Crippen LogP contribution in [0.25, 0.3) is 0 Å². The number of hydrogen-bond acceptors (Lipinski definition) is 4. The minimum atomic E-state index is -0.329. The molecule has 7 heteroatoms. The molecule has 0 saturated heterocycles. The first-order chi connectivity index (χ1) is 12.9. The average molecular weight is 368 g/mol. The molecule has 0 atom stereocenters. The molecule has 3 rings (SSSR count). The predicted molar refractivity (Wildman–Crippen MR) is 100 cm³/mol. The number of carbonyl (C=O) groups excluding carboxylic acids is 1. The topological polar surface area (TPSA) is 69.0 Å². The van der Waals surface area contributed by atoms with E-state index in [1.165, 1.54) is 30.5 Å². The number of nitrogens with one attached hydrogen (secondary N) is 1.